The minimum absolute atomic E-state index is 0.0168. The van der Waals surface area contributed by atoms with Crippen molar-refractivity contribution in [3.05, 3.63) is 28.2 Å². The molecule has 1 unspecified atom stereocenters. The lowest BCUT2D eigenvalue weighted by molar-refractivity contribution is 0.108. The van der Waals surface area contributed by atoms with E-state index in [4.69, 9.17) is 27.9 Å². The number of halogens is 2. The Morgan fingerprint density at radius 1 is 1.38 bits per heavy atom. The highest BCUT2D eigenvalue weighted by Crippen LogP contribution is 2.31. The number of nitrogens with one attached hydrogen (secondary N) is 2. The van der Waals surface area contributed by atoms with Crippen molar-refractivity contribution in [2.24, 2.45) is 5.92 Å². The fourth-order valence-electron chi connectivity index (χ4n) is 1.67. The first-order valence-corrected chi connectivity index (χ1v) is 7.58. The van der Waals surface area contributed by atoms with Gasteiger partial charge in [0.15, 0.2) is 0 Å². The molecule has 1 aromatic carbocycles. The summed E-state index contributed by atoms with van der Waals surface area (Å²) in [7, 11) is 0. The summed E-state index contributed by atoms with van der Waals surface area (Å²) in [5.41, 5.74) is 0. The van der Waals surface area contributed by atoms with Crippen molar-refractivity contribution in [3.8, 4) is 5.75 Å². The highest BCUT2D eigenvalue weighted by molar-refractivity contribution is 6.42. The van der Waals surface area contributed by atoms with Gasteiger partial charge in [-0.3, -0.25) is 0 Å². The van der Waals surface area contributed by atoms with Gasteiger partial charge in [-0.25, -0.2) is 4.79 Å². The van der Waals surface area contributed by atoms with Crippen LogP contribution in [0.4, 0.5) is 4.79 Å². The van der Waals surface area contributed by atoms with Gasteiger partial charge >= 0.3 is 6.03 Å². The Balaban J connectivity index is 1.65. The number of carbonyl (C=O) groups excluding carboxylic acids is 1. The fourth-order valence-corrected chi connectivity index (χ4v) is 2.02. The van der Waals surface area contributed by atoms with E-state index in [0.29, 0.717) is 28.3 Å². The van der Waals surface area contributed by atoms with Gasteiger partial charge in [0, 0.05) is 13.1 Å². The molecule has 5 nitrogen and oxygen atoms in total. The maximum Gasteiger partial charge on any atom is 0.314 e. The summed E-state index contributed by atoms with van der Waals surface area (Å²) in [5.74, 6) is 1.02. The molecule has 1 saturated carbocycles. The van der Waals surface area contributed by atoms with Gasteiger partial charge in [-0.15, -0.1) is 0 Å². The van der Waals surface area contributed by atoms with Crippen LogP contribution >= 0.6 is 23.2 Å². The monoisotopic (exact) mass is 332 g/mol. The second-order valence-electron chi connectivity index (χ2n) is 5.05. The predicted octanol–water partition coefficient (Wildman–Crippen LogP) is 2.44. The molecule has 0 saturated heterocycles. The van der Waals surface area contributed by atoms with Gasteiger partial charge in [-0.05, 0) is 30.9 Å². The molecule has 7 heteroatoms. The number of hydrogen-bond acceptors (Lipinski definition) is 3. The van der Waals surface area contributed by atoms with E-state index < -0.39 is 6.10 Å². The third-order valence-corrected chi connectivity index (χ3v) is 3.90. The van der Waals surface area contributed by atoms with E-state index in [-0.39, 0.29) is 19.2 Å². The van der Waals surface area contributed by atoms with Crippen LogP contribution in [0.5, 0.6) is 5.75 Å². The lowest BCUT2D eigenvalue weighted by Crippen LogP contribution is -2.41. The topological polar surface area (TPSA) is 70.6 Å². The molecule has 0 heterocycles. The molecule has 1 aliphatic carbocycles. The van der Waals surface area contributed by atoms with Crippen molar-refractivity contribution < 1.29 is 14.6 Å². The molecule has 1 aromatic rings. The number of urea groups is 1. The second kappa shape index (κ2) is 7.73. The first kappa shape index (κ1) is 16.2. The van der Waals surface area contributed by atoms with Crippen molar-refractivity contribution in [3.63, 3.8) is 0 Å². The van der Waals surface area contributed by atoms with Gasteiger partial charge in [0.2, 0.25) is 0 Å². The first-order chi connectivity index (χ1) is 10.1. The number of aliphatic hydroxyl groups excluding tert-OH is 1. The quantitative estimate of drug-likeness (QED) is 0.718. The Bertz CT molecular complexity index is 495. The molecule has 1 fully saturated rings. The van der Waals surface area contributed by atoms with Crippen LogP contribution in [0.25, 0.3) is 0 Å². The van der Waals surface area contributed by atoms with E-state index in [1.165, 1.54) is 12.8 Å². The van der Waals surface area contributed by atoms with Crippen molar-refractivity contribution in [1.29, 1.82) is 0 Å². The molecule has 1 aliphatic rings. The average molecular weight is 333 g/mol. The van der Waals surface area contributed by atoms with E-state index in [0.717, 1.165) is 0 Å². The summed E-state index contributed by atoms with van der Waals surface area (Å²) in [5, 5.41) is 15.8. The lowest BCUT2D eigenvalue weighted by Gasteiger charge is -2.14. The van der Waals surface area contributed by atoms with Gasteiger partial charge < -0.3 is 20.5 Å². The minimum atomic E-state index is -0.827. The summed E-state index contributed by atoms with van der Waals surface area (Å²) in [6.45, 7) is 0.814. The number of aliphatic hydroxyl groups is 1. The molecule has 0 radical (unpaired) electrons. The first-order valence-electron chi connectivity index (χ1n) is 6.83. The predicted molar refractivity (Wildman–Crippen MR) is 82.1 cm³/mol. The van der Waals surface area contributed by atoms with Crippen LogP contribution in [0.3, 0.4) is 0 Å². The second-order valence-corrected chi connectivity index (χ2v) is 5.84. The van der Waals surface area contributed by atoms with Crippen molar-refractivity contribution >= 4 is 29.2 Å². The highest BCUT2D eigenvalue weighted by Gasteiger charge is 2.21. The molecule has 2 rings (SSSR count). The molecule has 1 atom stereocenters. The molecule has 3 N–H and O–H groups in total. The standard InChI is InChI=1S/C14H18Cl2N2O3/c15-11-2-1-3-12(13(11)16)21-8-10(19)7-18-14(20)17-6-9-4-5-9/h1-3,9-10,19H,4-8H2,(H2,17,18,20). The zero-order chi connectivity index (χ0) is 15.2. The average Bonchev–Trinajstić information content (AvgIpc) is 3.28. The fraction of sp³-hybridized carbons (Fsp3) is 0.500. The van der Waals surface area contributed by atoms with E-state index >= 15 is 0 Å². The van der Waals surface area contributed by atoms with E-state index in [1.54, 1.807) is 18.2 Å². The van der Waals surface area contributed by atoms with Crippen LogP contribution in [0.15, 0.2) is 18.2 Å². The number of carbonyl (C=O) groups is 1. The molecule has 0 spiro atoms. The number of ether oxygens (including phenoxy) is 1. The van der Waals surface area contributed by atoms with Gasteiger partial charge in [-0.1, -0.05) is 29.3 Å². The normalized spacial score (nSPS) is 15.4. The molecule has 2 amide bonds. The zero-order valence-corrected chi connectivity index (χ0v) is 13.0. The summed E-state index contributed by atoms with van der Waals surface area (Å²) < 4.78 is 5.38. The molecular weight excluding hydrogens is 315 g/mol. The summed E-state index contributed by atoms with van der Waals surface area (Å²) in [6.07, 6.45) is 1.53. The Morgan fingerprint density at radius 2 is 2.14 bits per heavy atom. The van der Waals surface area contributed by atoms with Crippen LogP contribution in [-0.4, -0.2) is 36.9 Å². The van der Waals surface area contributed by atoms with Crippen molar-refractivity contribution in [2.45, 2.75) is 18.9 Å². The van der Waals surface area contributed by atoms with E-state index in [9.17, 15) is 9.90 Å². The summed E-state index contributed by atoms with van der Waals surface area (Å²) in [4.78, 5) is 11.4. The molecule has 116 valence electrons. The third-order valence-electron chi connectivity index (χ3n) is 3.09. The summed E-state index contributed by atoms with van der Waals surface area (Å²) in [6, 6.07) is 4.75. The molecule has 0 bridgehead atoms. The Hall–Kier alpha value is -1.17. The number of amides is 2. The van der Waals surface area contributed by atoms with Crippen LogP contribution in [0.1, 0.15) is 12.8 Å². The minimum Gasteiger partial charge on any atom is -0.489 e. The van der Waals surface area contributed by atoms with E-state index in [2.05, 4.69) is 10.6 Å². The Labute approximate surface area is 133 Å². The zero-order valence-electron chi connectivity index (χ0n) is 11.4. The number of rotatable bonds is 7. The van der Waals surface area contributed by atoms with Gasteiger partial charge in [-0.2, -0.15) is 0 Å². The smallest absolute Gasteiger partial charge is 0.314 e. The maximum absolute atomic E-state index is 11.4. The van der Waals surface area contributed by atoms with Gasteiger partial charge in [0.05, 0.1) is 5.02 Å². The Kier molecular flexibility index (Phi) is 5.96. The van der Waals surface area contributed by atoms with Crippen molar-refractivity contribution in [1.82, 2.24) is 10.6 Å². The summed E-state index contributed by atoms with van der Waals surface area (Å²) >= 11 is 11.8. The van der Waals surface area contributed by atoms with Crippen LogP contribution in [0, 0.1) is 5.92 Å². The maximum atomic E-state index is 11.4. The van der Waals surface area contributed by atoms with Crippen molar-refractivity contribution in [2.75, 3.05) is 19.7 Å². The molecular formula is C14H18Cl2N2O3. The van der Waals surface area contributed by atoms with Crippen LogP contribution in [-0.2, 0) is 0 Å². The van der Waals surface area contributed by atoms with Crippen LogP contribution in [0.2, 0.25) is 10.0 Å². The van der Waals surface area contributed by atoms with Gasteiger partial charge in [0.1, 0.15) is 23.5 Å². The van der Waals surface area contributed by atoms with Crippen LogP contribution < -0.4 is 15.4 Å². The molecule has 0 aromatic heterocycles. The molecule has 0 aliphatic heterocycles. The highest BCUT2D eigenvalue weighted by atomic mass is 35.5. The third kappa shape index (κ3) is 5.61. The van der Waals surface area contributed by atoms with E-state index in [1.807, 2.05) is 0 Å². The SMILES string of the molecule is O=C(NCC(O)COc1cccc(Cl)c1Cl)NCC1CC1. The Morgan fingerprint density at radius 3 is 2.86 bits per heavy atom. The lowest BCUT2D eigenvalue weighted by atomic mass is 10.3. The van der Waals surface area contributed by atoms with Gasteiger partial charge in [0.25, 0.3) is 0 Å². The largest absolute Gasteiger partial charge is 0.489 e. The molecule has 21 heavy (non-hydrogen) atoms. The number of benzene rings is 1. The number of hydrogen-bond donors (Lipinski definition) is 3.